The van der Waals surface area contributed by atoms with Gasteiger partial charge in [-0.3, -0.25) is 0 Å². The lowest BCUT2D eigenvalue weighted by Crippen LogP contribution is -1.95. The minimum Gasteiger partial charge on any atom is -0.219 e. The Morgan fingerprint density at radius 2 is 1.63 bits per heavy atom. The standard InChI is InChI=1S/C14H10ClIO2S/c15-12-5-7-13(8-6-12)19(17,18)10-9-11-3-1-2-4-14(11)16/h1-10H. The maximum atomic E-state index is 12.1. The molecule has 0 amide bonds. The van der Waals surface area contributed by atoms with Gasteiger partial charge in [-0.05, 0) is 64.6 Å². The van der Waals surface area contributed by atoms with Gasteiger partial charge in [0.15, 0.2) is 9.84 Å². The zero-order valence-corrected chi connectivity index (χ0v) is 13.5. The van der Waals surface area contributed by atoms with Gasteiger partial charge in [-0.25, -0.2) is 8.42 Å². The fourth-order valence-corrected chi connectivity index (χ4v) is 3.17. The van der Waals surface area contributed by atoms with Crippen LogP contribution in [0.1, 0.15) is 5.56 Å². The zero-order valence-electron chi connectivity index (χ0n) is 9.75. The van der Waals surface area contributed by atoms with Gasteiger partial charge < -0.3 is 0 Å². The molecular weight excluding hydrogens is 395 g/mol. The maximum Gasteiger partial charge on any atom is 0.199 e. The highest BCUT2D eigenvalue weighted by atomic mass is 127. The lowest BCUT2D eigenvalue weighted by atomic mass is 10.2. The lowest BCUT2D eigenvalue weighted by molar-refractivity contribution is 0.605. The van der Waals surface area contributed by atoms with Gasteiger partial charge in [0.05, 0.1) is 4.90 Å². The molecule has 0 aliphatic heterocycles. The van der Waals surface area contributed by atoms with Gasteiger partial charge in [-0.2, -0.15) is 0 Å². The quantitative estimate of drug-likeness (QED) is 0.711. The van der Waals surface area contributed by atoms with Crippen molar-refractivity contribution in [2.45, 2.75) is 4.90 Å². The molecule has 0 heterocycles. The molecule has 19 heavy (non-hydrogen) atoms. The Hall–Kier alpha value is -0.850. The molecule has 5 heteroatoms. The van der Waals surface area contributed by atoms with Crippen molar-refractivity contribution >= 4 is 50.1 Å². The first-order valence-corrected chi connectivity index (χ1v) is 8.42. The fraction of sp³-hybridized carbons (Fsp3) is 0. The summed E-state index contributed by atoms with van der Waals surface area (Å²) < 4.78 is 25.2. The van der Waals surface area contributed by atoms with Crippen molar-refractivity contribution in [2.75, 3.05) is 0 Å². The summed E-state index contributed by atoms with van der Waals surface area (Å²) in [4.78, 5) is 0.235. The van der Waals surface area contributed by atoms with Crippen LogP contribution in [-0.2, 0) is 9.84 Å². The average molecular weight is 405 g/mol. The van der Waals surface area contributed by atoms with Gasteiger partial charge in [-0.1, -0.05) is 29.8 Å². The van der Waals surface area contributed by atoms with Crippen molar-refractivity contribution in [1.82, 2.24) is 0 Å². The molecule has 0 N–H and O–H groups in total. The summed E-state index contributed by atoms with van der Waals surface area (Å²) in [7, 11) is -3.43. The molecule has 0 bridgehead atoms. The SMILES string of the molecule is O=S(=O)(C=Cc1ccccc1I)c1ccc(Cl)cc1. The van der Waals surface area contributed by atoms with E-state index >= 15 is 0 Å². The summed E-state index contributed by atoms with van der Waals surface area (Å²) in [6.45, 7) is 0. The number of benzene rings is 2. The molecule has 0 atom stereocenters. The van der Waals surface area contributed by atoms with Gasteiger partial charge in [-0.15, -0.1) is 0 Å². The summed E-state index contributed by atoms with van der Waals surface area (Å²) in [5.74, 6) is 0. The molecule has 0 fully saturated rings. The van der Waals surface area contributed by atoms with Gasteiger partial charge in [0.2, 0.25) is 0 Å². The van der Waals surface area contributed by atoms with Crippen LogP contribution in [0.5, 0.6) is 0 Å². The maximum absolute atomic E-state index is 12.1. The second-order valence-corrected chi connectivity index (χ2v) is 7.26. The van der Waals surface area contributed by atoms with Gasteiger partial charge in [0.25, 0.3) is 0 Å². The largest absolute Gasteiger partial charge is 0.219 e. The molecule has 98 valence electrons. The van der Waals surface area contributed by atoms with Crippen LogP contribution in [-0.4, -0.2) is 8.42 Å². The van der Waals surface area contributed by atoms with E-state index in [1.54, 1.807) is 18.2 Å². The summed E-state index contributed by atoms with van der Waals surface area (Å²) in [5, 5.41) is 1.73. The normalized spacial score (nSPS) is 11.9. The molecule has 0 aliphatic rings. The summed E-state index contributed by atoms with van der Waals surface area (Å²) >= 11 is 7.91. The first-order chi connectivity index (χ1) is 8.99. The van der Waals surface area contributed by atoms with Crippen LogP contribution < -0.4 is 0 Å². The minimum atomic E-state index is -3.43. The van der Waals surface area contributed by atoms with Crippen molar-refractivity contribution in [2.24, 2.45) is 0 Å². The predicted molar refractivity (Wildman–Crippen MR) is 86.8 cm³/mol. The van der Waals surface area contributed by atoms with Crippen molar-refractivity contribution in [1.29, 1.82) is 0 Å². The van der Waals surface area contributed by atoms with E-state index in [1.807, 2.05) is 24.3 Å². The monoisotopic (exact) mass is 404 g/mol. The third-order valence-electron chi connectivity index (χ3n) is 2.47. The van der Waals surface area contributed by atoms with Crippen molar-refractivity contribution in [3.8, 4) is 0 Å². The Labute approximate surface area is 131 Å². The zero-order chi connectivity index (χ0) is 13.9. The molecule has 0 saturated heterocycles. The van der Waals surface area contributed by atoms with Crippen LogP contribution in [0, 0.1) is 3.57 Å². The third kappa shape index (κ3) is 3.81. The molecule has 0 unspecified atom stereocenters. The van der Waals surface area contributed by atoms with Crippen molar-refractivity contribution in [3.05, 3.63) is 68.1 Å². The Morgan fingerprint density at radius 1 is 1.00 bits per heavy atom. The van der Waals surface area contributed by atoms with E-state index in [-0.39, 0.29) is 4.90 Å². The molecule has 0 radical (unpaired) electrons. The molecule has 0 saturated carbocycles. The summed E-state index contributed by atoms with van der Waals surface area (Å²) in [6.07, 6.45) is 1.60. The third-order valence-corrected chi connectivity index (χ3v) is 5.13. The van der Waals surface area contributed by atoms with Gasteiger partial charge in [0, 0.05) is 14.0 Å². The molecule has 0 aliphatic carbocycles. The van der Waals surface area contributed by atoms with Crippen LogP contribution in [0.3, 0.4) is 0 Å². The molecule has 0 aromatic heterocycles. The number of rotatable bonds is 3. The predicted octanol–water partition coefficient (Wildman–Crippen LogP) is 4.39. The highest BCUT2D eigenvalue weighted by Crippen LogP contribution is 2.19. The number of halogens is 2. The van der Waals surface area contributed by atoms with Crippen LogP contribution in [0.15, 0.2) is 58.8 Å². The smallest absolute Gasteiger partial charge is 0.199 e. The molecule has 2 rings (SSSR count). The van der Waals surface area contributed by atoms with Gasteiger partial charge >= 0.3 is 0 Å². The Morgan fingerprint density at radius 3 is 2.26 bits per heavy atom. The van der Waals surface area contributed by atoms with E-state index in [1.165, 1.54) is 17.5 Å². The first kappa shape index (κ1) is 14.6. The Bertz CT molecular complexity index is 706. The molecule has 2 aromatic carbocycles. The van der Waals surface area contributed by atoms with E-state index in [2.05, 4.69) is 22.6 Å². The van der Waals surface area contributed by atoms with Crippen LogP contribution in [0.25, 0.3) is 6.08 Å². The number of sulfone groups is 1. The van der Waals surface area contributed by atoms with E-state index in [0.717, 1.165) is 9.13 Å². The molecule has 0 spiro atoms. The van der Waals surface area contributed by atoms with E-state index in [4.69, 9.17) is 11.6 Å². The fourth-order valence-electron chi connectivity index (χ4n) is 1.48. The van der Waals surface area contributed by atoms with Crippen LogP contribution in [0.4, 0.5) is 0 Å². The second-order valence-electron chi connectivity index (χ2n) is 3.82. The Kier molecular flexibility index (Phi) is 4.65. The van der Waals surface area contributed by atoms with Crippen molar-refractivity contribution in [3.63, 3.8) is 0 Å². The first-order valence-electron chi connectivity index (χ1n) is 5.42. The highest BCUT2D eigenvalue weighted by Gasteiger charge is 2.09. The van der Waals surface area contributed by atoms with Crippen LogP contribution in [0.2, 0.25) is 5.02 Å². The van der Waals surface area contributed by atoms with Crippen LogP contribution >= 0.6 is 34.2 Å². The van der Waals surface area contributed by atoms with E-state index in [0.29, 0.717) is 5.02 Å². The topological polar surface area (TPSA) is 34.1 Å². The Balaban J connectivity index is 2.32. The number of hydrogen-bond donors (Lipinski definition) is 0. The van der Waals surface area contributed by atoms with Gasteiger partial charge in [0.1, 0.15) is 0 Å². The minimum absolute atomic E-state index is 0.235. The summed E-state index contributed by atoms with van der Waals surface area (Å²) in [5.41, 5.74) is 0.876. The van der Waals surface area contributed by atoms with E-state index < -0.39 is 9.84 Å². The van der Waals surface area contributed by atoms with E-state index in [9.17, 15) is 8.42 Å². The second kappa shape index (κ2) is 6.07. The molecular formula is C14H10ClIO2S. The summed E-state index contributed by atoms with van der Waals surface area (Å²) in [6, 6.07) is 13.7. The molecule has 2 nitrogen and oxygen atoms in total. The lowest BCUT2D eigenvalue weighted by Gasteiger charge is -2.00. The number of hydrogen-bond acceptors (Lipinski definition) is 2. The highest BCUT2D eigenvalue weighted by molar-refractivity contribution is 14.1. The van der Waals surface area contributed by atoms with Crippen molar-refractivity contribution < 1.29 is 8.42 Å². The molecule has 2 aromatic rings. The average Bonchev–Trinajstić information content (AvgIpc) is 2.38.